The van der Waals surface area contributed by atoms with Gasteiger partial charge in [0.05, 0.1) is 9.82 Å². The van der Waals surface area contributed by atoms with Gasteiger partial charge in [0, 0.05) is 9.37 Å². The van der Waals surface area contributed by atoms with E-state index >= 15 is 0 Å². The summed E-state index contributed by atoms with van der Waals surface area (Å²) < 4.78 is 0.893. The Morgan fingerprint density at radius 1 is 1.11 bits per heavy atom. The summed E-state index contributed by atoms with van der Waals surface area (Å²) in [6.45, 7) is 0. The fourth-order valence-corrected chi connectivity index (χ4v) is 3.21. The minimum Gasteiger partial charge on any atom is -0.258 e. The van der Waals surface area contributed by atoms with E-state index in [1.165, 1.54) is 17.8 Å². The molecule has 0 atom stereocenters. The maximum Gasteiger partial charge on any atom is 0.301 e. The third-order valence-corrected chi connectivity index (χ3v) is 4.57. The fourth-order valence-electron chi connectivity index (χ4n) is 1.40. The molecule has 0 fully saturated rings. The molecule has 0 amide bonds. The number of rotatable bonds is 3. The molecule has 6 heteroatoms. The van der Waals surface area contributed by atoms with Gasteiger partial charge in [0.25, 0.3) is 0 Å². The van der Waals surface area contributed by atoms with E-state index < -0.39 is 4.92 Å². The molecule has 0 spiro atoms. The van der Waals surface area contributed by atoms with Gasteiger partial charge >= 0.3 is 5.69 Å². The maximum absolute atomic E-state index is 11.0. The largest absolute Gasteiger partial charge is 0.301 e. The molecule has 0 heterocycles. The highest BCUT2D eigenvalue weighted by molar-refractivity contribution is 9.10. The molecule has 0 radical (unpaired) electrons. The van der Waals surface area contributed by atoms with Gasteiger partial charge in [-0.1, -0.05) is 41.6 Å². The van der Waals surface area contributed by atoms with Crippen LogP contribution in [-0.4, -0.2) is 4.92 Å². The van der Waals surface area contributed by atoms with E-state index in [0.29, 0.717) is 4.90 Å². The van der Waals surface area contributed by atoms with Gasteiger partial charge in [-0.15, -0.1) is 0 Å². The molecular weight excluding hydrogens is 338 g/mol. The van der Waals surface area contributed by atoms with Crippen molar-refractivity contribution in [3.63, 3.8) is 0 Å². The average Bonchev–Trinajstić information content (AvgIpc) is 2.31. The molecule has 0 aliphatic heterocycles. The maximum atomic E-state index is 11.0. The van der Waals surface area contributed by atoms with Crippen LogP contribution in [0.15, 0.2) is 56.7 Å². The molecule has 2 aromatic carbocycles. The molecular formula is C12H7BrClNO2S. The Morgan fingerprint density at radius 2 is 1.78 bits per heavy atom. The van der Waals surface area contributed by atoms with Gasteiger partial charge in [0.2, 0.25) is 0 Å². The first-order valence-electron chi connectivity index (χ1n) is 4.95. The lowest BCUT2D eigenvalue weighted by Crippen LogP contribution is -1.91. The van der Waals surface area contributed by atoms with E-state index in [-0.39, 0.29) is 10.7 Å². The first kappa shape index (κ1) is 13.4. The van der Waals surface area contributed by atoms with Crippen molar-refractivity contribution in [1.29, 1.82) is 0 Å². The molecule has 0 saturated heterocycles. The summed E-state index contributed by atoms with van der Waals surface area (Å²) in [7, 11) is 0. The van der Waals surface area contributed by atoms with Crippen LogP contribution in [0.25, 0.3) is 0 Å². The average molecular weight is 345 g/mol. The summed E-state index contributed by atoms with van der Waals surface area (Å²) in [6.07, 6.45) is 0. The summed E-state index contributed by atoms with van der Waals surface area (Å²) in [6, 6.07) is 12.5. The van der Waals surface area contributed by atoms with Gasteiger partial charge in [0.15, 0.2) is 0 Å². The van der Waals surface area contributed by atoms with Crippen LogP contribution in [0, 0.1) is 10.1 Å². The number of nitrogens with zero attached hydrogens (tertiary/aromatic N) is 1. The lowest BCUT2D eigenvalue weighted by molar-refractivity contribution is -0.387. The zero-order valence-corrected chi connectivity index (χ0v) is 12.1. The monoisotopic (exact) mass is 343 g/mol. The van der Waals surface area contributed by atoms with Gasteiger partial charge in [-0.2, -0.15) is 0 Å². The second-order valence-electron chi connectivity index (χ2n) is 3.38. The molecule has 3 nitrogen and oxygen atoms in total. The number of halogens is 2. The number of hydrogen-bond acceptors (Lipinski definition) is 3. The highest BCUT2D eigenvalue weighted by Crippen LogP contribution is 2.40. The molecule has 0 saturated carbocycles. The lowest BCUT2D eigenvalue weighted by atomic mass is 10.3. The van der Waals surface area contributed by atoms with Crippen LogP contribution in [0.4, 0.5) is 5.69 Å². The second-order valence-corrected chi connectivity index (χ2v) is 5.72. The van der Waals surface area contributed by atoms with Gasteiger partial charge in [-0.05, 0) is 40.2 Å². The van der Waals surface area contributed by atoms with Crippen molar-refractivity contribution in [2.24, 2.45) is 0 Å². The van der Waals surface area contributed by atoms with Crippen molar-refractivity contribution < 1.29 is 4.92 Å². The van der Waals surface area contributed by atoms with Crippen LogP contribution in [-0.2, 0) is 0 Å². The van der Waals surface area contributed by atoms with Crippen LogP contribution in [0.5, 0.6) is 0 Å². The molecule has 2 aromatic rings. The van der Waals surface area contributed by atoms with Crippen molar-refractivity contribution in [3.8, 4) is 0 Å². The molecule has 0 unspecified atom stereocenters. The van der Waals surface area contributed by atoms with Crippen molar-refractivity contribution in [3.05, 3.63) is 62.1 Å². The third-order valence-electron chi connectivity index (χ3n) is 2.19. The van der Waals surface area contributed by atoms with Crippen molar-refractivity contribution >= 4 is 45.0 Å². The smallest absolute Gasteiger partial charge is 0.258 e. The SMILES string of the molecule is O=[N+]([O-])c1c(Cl)cccc1Sc1ccccc1Br. The number of benzene rings is 2. The molecule has 18 heavy (non-hydrogen) atoms. The Balaban J connectivity index is 2.44. The third kappa shape index (κ3) is 2.85. The van der Waals surface area contributed by atoms with E-state index in [0.717, 1.165) is 9.37 Å². The summed E-state index contributed by atoms with van der Waals surface area (Å²) in [5, 5.41) is 11.2. The summed E-state index contributed by atoms with van der Waals surface area (Å²) in [5.74, 6) is 0. The fraction of sp³-hybridized carbons (Fsp3) is 0. The Bertz CT molecular complexity index is 606. The van der Waals surface area contributed by atoms with E-state index in [4.69, 9.17) is 11.6 Å². The van der Waals surface area contributed by atoms with E-state index in [9.17, 15) is 10.1 Å². The number of nitro groups is 1. The number of para-hydroxylation sites is 1. The van der Waals surface area contributed by atoms with Gasteiger partial charge < -0.3 is 0 Å². The van der Waals surface area contributed by atoms with E-state index in [2.05, 4.69) is 15.9 Å². The molecule has 0 N–H and O–H groups in total. The Morgan fingerprint density at radius 3 is 2.44 bits per heavy atom. The molecule has 2 rings (SSSR count). The highest BCUT2D eigenvalue weighted by atomic mass is 79.9. The van der Waals surface area contributed by atoms with Crippen LogP contribution >= 0.6 is 39.3 Å². The Kier molecular flexibility index (Phi) is 4.27. The first-order chi connectivity index (χ1) is 8.59. The van der Waals surface area contributed by atoms with E-state index in [1.54, 1.807) is 12.1 Å². The number of hydrogen-bond donors (Lipinski definition) is 0. The minimum absolute atomic E-state index is 0.0556. The Hall–Kier alpha value is -1.04. The lowest BCUT2D eigenvalue weighted by Gasteiger charge is -2.05. The van der Waals surface area contributed by atoms with Crippen LogP contribution in [0.1, 0.15) is 0 Å². The van der Waals surface area contributed by atoms with Gasteiger partial charge in [-0.3, -0.25) is 10.1 Å². The molecule has 0 bridgehead atoms. The predicted molar refractivity (Wildman–Crippen MR) is 76.4 cm³/mol. The van der Waals surface area contributed by atoms with Crippen molar-refractivity contribution in [2.45, 2.75) is 9.79 Å². The van der Waals surface area contributed by atoms with Crippen LogP contribution < -0.4 is 0 Å². The van der Waals surface area contributed by atoms with Crippen LogP contribution in [0.3, 0.4) is 0 Å². The topological polar surface area (TPSA) is 43.1 Å². The molecule has 92 valence electrons. The Labute approximate surface area is 121 Å². The minimum atomic E-state index is -0.457. The van der Waals surface area contributed by atoms with Gasteiger partial charge in [0.1, 0.15) is 5.02 Å². The van der Waals surface area contributed by atoms with E-state index in [1.807, 2.05) is 24.3 Å². The second kappa shape index (κ2) is 5.73. The molecule has 0 aromatic heterocycles. The summed E-state index contributed by atoms with van der Waals surface area (Å²) >= 11 is 10.6. The zero-order valence-electron chi connectivity index (χ0n) is 8.97. The highest BCUT2D eigenvalue weighted by Gasteiger charge is 2.19. The first-order valence-corrected chi connectivity index (χ1v) is 6.93. The molecule has 0 aliphatic rings. The van der Waals surface area contributed by atoms with Gasteiger partial charge in [-0.25, -0.2) is 0 Å². The summed E-state index contributed by atoms with van der Waals surface area (Å²) in [4.78, 5) is 12.0. The van der Waals surface area contributed by atoms with Crippen molar-refractivity contribution in [1.82, 2.24) is 0 Å². The standard InChI is InChI=1S/C12H7BrClNO2S/c13-8-4-1-2-6-10(8)18-11-7-3-5-9(14)12(11)15(16)17/h1-7H. The normalized spacial score (nSPS) is 10.3. The number of nitro benzene ring substituents is 1. The molecule has 0 aliphatic carbocycles. The predicted octanol–water partition coefficient (Wildman–Crippen LogP) is 5.16. The quantitative estimate of drug-likeness (QED) is 0.570. The zero-order chi connectivity index (χ0) is 13.1. The summed E-state index contributed by atoms with van der Waals surface area (Å²) in [5.41, 5.74) is -0.0556. The van der Waals surface area contributed by atoms with Crippen molar-refractivity contribution in [2.75, 3.05) is 0 Å². The van der Waals surface area contributed by atoms with Crippen LogP contribution in [0.2, 0.25) is 5.02 Å².